The van der Waals surface area contributed by atoms with Crippen LogP contribution in [0, 0.1) is 17.3 Å². The third-order valence-corrected chi connectivity index (χ3v) is 5.01. The van der Waals surface area contributed by atoms with E-state index in [2.05, 4.69) is 50.5 Å². The van der Waals surface area contributed by atoms with Crippen molar-refractivity contribution in [1.29, 1.82) is 0 Å². The fourth-order valence-corrected chi connectivity index (χ4v) is 4.31. The van der Waals surface area contributed by atoms with Crippen LogP contribution in [0.25, 0.3) is 6.08 Å². The van der Waals surface area contributed by atoms with Crippen molar-refractivity contribution in [1.82, 2.24) is 5.32 Å². The Labute approximate surface area is 187 Å². The molecule has 0 aromatic heterocycles. The molecular formula is C18H14I2N2O6. The van der Waals surface area contributed by atoms with Crippen LogP contribution in [-0.4, -0.2) is 21.9 Å². The molecule has 10 heteroatoms. The minimum Gasteiger partial charge on any atom is -0.487 e. The summed E-state index contributed by atoms with van der Waals surface area (Å²) < 4.78 is 7.34. The lowest BCUT2D eigenvalue weighted by Crippen LogP contribution is -2.24. The van der Waals surface area contributed by atoms with Crippen LogP contribution < -0.4 is 10.1 Å². The molecule has 0 saturated heterocycles. The molecule has 0 unspecified atom stereocenters. The minimum atomic E-state index is -1.24. The maximum Gasteiger partial charge on any atom is 0.352 e. The second-order valence-corrected chi connectivity index (χ2v) is 7.89. The second kappa shape index (κ2) is 9.82. The van der Waals surface area contributed by atoms with Crippen LogP contribution in [0.1, 0.15) is 18.1 Å². The Morgan fingerprint density at radius 3 is 2.25 bits per heavy atom. The molecule has 2 aromatic rings. The molecule has 0 radical (unpaired) electrons. The van der Waals surface area contributed by atoms with Crippen molar-refractivity contribution >= 4 is 68.8 Å². The second-order valence-electron chi connectivity index (χ2n) is 5.57. The van der Waals surface area contributed by atoms with Gasteiger partial charge in [0.15, 0.2) is 0 Å². The Morgan fingerprint density at radius 2 is 1.79 bits per heavy atom. The lowest BCUT2D eigenvalue weighted by molar-refractivity contribution is -0.384. The summed E-state index contributed by atoms with van der Waals surface area (Å²) in [4.78, 5) is 32.6. The Kier molecular flexibility index (Phi) is 7.74. The van der Waals surface area contributed by atoms with Gasteiger partial charge in [-0.25, -0.2) is 4.79 Å². The summed E-state index contributed by atoms with van der Waals surface area (Å²) in [5.74, 6) is -1.09. The van der Waals surface area contributed by atoms with Gasteiger partial charge >= 0.3 is 5.97 Å². The first-order valence-electron chi connectivity index (χ1n) is 7.75. The number of carbonyl (C=O) groups excluding carboxylic acids is 1. The van der Waals surface area contributed by atoms with Gasteiger partial charge in [-0.15, -0.1) is 0 Å². The molecule has 8 nitrogen and oxygen atoms in total. The van der Waals surface area contributed by atoms with E-state index in [-0.39, 0.29) is 18.0 Å². The maximum atomic E-state index is 11.2. The largest absolute Gasteiger partial charge is 0.487 e. The first kappa shape index (κ1) is 22.1. The maximum absolute atomic E-state index is 11.2. The van der Waals surface area contributed by atoms with E-state index in [1.54, 1.807) is 24.3 Å². The van der Waals surface area contributed by atoms with Gasteiger partial charge in [-0.05, 0) is 86.7 Å². The highest BCUT2D eigenvalue weighted by Gasteiger charge is 2.13. The lowest BCUT2D eigenvalue weighted by atomic mass is 10.2. The average Bonchev–Trinajstić information content (AvgIpc) is 2.60. The summed E-state index contributed by atoms with van der Waals surface area (Å²) >= 11 is 4.15. The normalized spacial score (nSPS) is 11.0. The standard InChI is InChI=1S/C18H14I2N2O6/c1-10(23)21-16(18(24)25)8-12-6-14(19)17(15(20)7-12)28-9-11-2-4-13(5-3-11)22(26)27/h2-8H,9H2,1H3,(H,21,23)(H,24,25)/b16-8+. The van der Waals surface area contributed by atoms with Crippen molar-refractivity contribution in [2.24, 2.45) is 0 Å². The number of halogens is 2. The summed E-state index contributed by atoms with van der Waals surface area (Å²) in [5, 5.41) is 22.2. The lowest BCUT2D eigenvalue weighted by Gasteiger charge is -2.12. The topological polar surface area (TPSA) is 119 Å². The molecule has 0 spiro atoms. The van der Waals surface area contributed by atoms with E-state index in [9.17, 15) is 24.8 Å². The summed E-state index contributed by atoms with van der Waals surface area (Å²) in [6, 6.07) is 9.55. The van der Waals surface area contributed by atoms with Crippen LogP contribution in [0.4, 0.5) is 5.69 Å². The molecular weight excluding hydrogens is 594 g/mol. The number of carboxylic acids is 1. The number of nitro groups is 1. The number of ether oxygens (including phenoxy) is 1. The molecule has 0 aliphatic rings. The number of non-ortho nitro benzene ring substituents is 1. The highest BCUT2D eigenvalue weighted by molar-refractivity contribution is 14.1. The van der Waals surface area contributed by atoms with Gasteiger partial charge in [0.25, 0.3) is 5.69 Å². The van der Waals surface area contributed by atoms with Gasteiger partial charge < -0.3 is 15.2 Å². The Balaban J connectivity index is 2.20. The predicted molar refractivity (Wildman–Crippen MR) is 119 cm³/mol. The van der Waals surface area contributed by atoms with Gasteiger partial charge in [-0.3, -0.25) is 14.9 Å². The molecule has 1 amide bonds. The molecule has 2 rings (SSSR count). The fourth-order valence-electron chi connectivity index (χ4n) is 2.18. The van der Waals surface area contributed by atoms with Crippen molar-refractivity contribution in [3.8, 4) is 5.75 Å². The van der Waals surface area contributed by atoms with Crippen LogP contribution in [0.3, 0.4) is 0 Å². The summed E-state index contributed by atoms with van der Waals surface area (Å²) in [6.45, 7) is 1.46. The van der Waals surface area contributed by atoms with E-state index in [4.69, 9.17) is 4.74 Å². The van der Waals surface area contributed by atoms with Crippen molar-refractivity contribution < 1.29 is 24.4 Å². The van der Waals surface area contributed by atoms with Gasteiger partial charge in [0.2, 0.25) is 5.91 Å². The summed E-state index contributed by atoms with van der Waals surface area (Å²) in [5.41, 5.74) is 1.17. The number of rotatable bonds is 7. The number of aliphatic carboxylic acids is 1. The molecule has 0 aliphatic carbocycles. The minimum absolute atomic E-state index is 0.0115. The van der Waals surface area contributed by atoms with Gasteiger partial charge in [-0.1, -0.05) is 0 Å². The first-order valence-corrected chi connectivity index (χ1v) is 9.91. The Hall–Kier alpha value is -2.22. The van der Waals surface area contributed by atoms with Crippen molar-refractivity contribution in [3.05, 3.63) is 70.5 Å². The molecule has 0 bridgehead atoms. The van der Waals surface area contributed by atoms with Gasteiger partial charge in [0.1, 0.15) is 18.1 Å². The monoisotopic (exact) mass is 608 g/mol. The molecule has 0 saturated carbocycles. The zero-order valence-electron chi connectivity index (χ0n) is 14.4. The van der Waals surface area contributed by atoms with Gasteiger partial charge in [0, 0.05) is 19.1 Å². The van der Waals surface area contributed by atoms with Crippen molar-refractivity contribution in [3.63, 3.8) is 0 Å². The molecule has 2 N–H and O–H groups in total. The third-order valence-electron chi connectivity index (χ3n) is 3.40. The van der Waals surface area contributed by atoms with Crippen LogP contribution in [-0.2, 0) is 16.2 Å². The van der Waals surface area contributed by atoms with Gasteiger partial charge in [0.05, 0.1) is 12.1 Å². The van der Waals surface area contributed by atoms with E-state index < -0.39 is 16.8 Å². The number of hydrogen-bond donors (Lipinski definition) is 2. The predicted octanol–water partition coefficient (Wildman–Crippen LogP) is 3.94. The Bertz CT molecular complexity index is 934. The molecule has 0 aliphatic heterocycles. The number of nitrogens with one attached hydrogen (secondary N) is 1. The molecule has 0 fully saturated rings. The number of amides is 1. The molecule has 0 heterocycles. The number of carbonyl (C=O) groups is 2. The summed E-state index contributed by atoms with van der Waals surface area (Å²) in [6.07, 6.45) is 1.37. The van der Waals surface area contributed by atoms with E-state index in [1.807, 2.05) is 0 Å². The molecule has 0 atom stereocenters. The molecule has 28 heavy (non-hydrogen) atoms. The average molecular weight is 608 g/mol. The number of hydrogen-bond acceptors (Lipinski definition) is 5. The quantitative estimate of drug-likeness (QED) is 0.213. The Morgan fingerprint density at radius 1 is 1.21 bits per heavy atom. The van der Waals surface area contributed by atoms with Crippen LogP contribution in [0.15, 0.2) is 42.1 Å². The van der Waals surface area contributed by atoms with E-state index in [0.29, 0.717) is 11.3 Å². The van der Waals surface area contributed by atoms with E-state index in [0.717, 1.165) is 12.7 Å². The number of carboxylic acid groups (broad SMARTS) is 1. The number of nitrogens with zero attached hydrogens (tertiary/aromatic N) is 1. The van der Waals surface area contributed by atoms with Crippen molar-refractivity contribution in [2.45, 2.75) is 13.5 Å². The van der Waals surface area contributed by atoms with Crippen molar-refractivity contribution in [2.75, 3.05) is 0 Å². The van der Waals surface area contributed by atoms with Gasteiger partial charge in [-0.2, -0.15) is 0 Å². The van der Waals surface area contributed by atoms with Crippen LogP contribution >= 0.6 is 45.2 Å². The fraction of sp³-hybridized carbons (Fsp3) is 0.111. The molecule has 146 valence electrons. The third kappa shape index (κ3) is 6.15. The highest BCUT2D eigenvalue weighted by Crippen LogP contribution is 2.30. The van der Waals surface area contributed by atoms with E-state index >= 15 is 0 Å². The zero-order chi connectivity index (χ0) is 20.8. The highest BCUT2D eigenvalue weighted by atomic mass is 127. The van der Waals surface area contributed by atoms with E-state index in [1.165, 1.54) is 25.1 Å². The van der Waals surface area contributed by atoms with Crippen LogP contribution in [0.5, 0.6) is 5.75 Å². The summed E-state index contributed by atoms with van der Waals surface area (Å²) in [7, 11) is 0. The number of benzene rings is 2. The smallest absolute Gasteiger partial charge is 0.352 e. The molecule has 2 aromatic carbocycles. The first-order chi connectivity index (χ1) is 13.2. The zero-order valence-corrected chi connectivity index (χ0v) is 18.8. The number of nitro benzene ring substituents is 1. The van der Waals surface area contributed by atoms with Crippen LogP contribution in [0.2, 0.25) is 0 Å². The SMILES string of the molecule is CC(=O)N/C(=C/c1cc(I)c(OCc2ccc([N+](=O)[O-])cc2)c(I)c1)C(=O)O.